The summed E-state index contributed by atoms with van der Waals surface area (Å²) in [7, 11) is 0. The van der Waals surface area contributed by atoms with Gasteiger partial charge in [0.1, 0.15) is 11.3 Å². The lowest BCUT2D eigenvalue weighted by Gasteiger charge is -2.10. The number of benzene rings is 1. The number of nitrogens with two attached hydrogens (primary N) is 1. The molecule has 6 heteroatoms. The van der Waals surface area contributed by atoms with E-state index < -0.39 is 0 Å². The van der Waals surface area contributed by atoms with Gasteiger partial charge in [0.2, 0.25) is 0 Å². The Morgan fingerprint density at radius 3 is 3.06 bits per heavy atom. The Balaban J connectivity index is 1.95. The first kappa shape index (κ1) is 11.5. The summed E-state index contributed by atoms with van der Waals surface area (Å²) in [6.07, 6.45) is 0. The van der Waals surface area contributed by atoms with Gasteiger partial charge in [-0.05, 0) is 17.7 Å². The highest BCUT2D eigenvalue weighted by Crippen LogP contribution is 2.24. The molecule has 2 rings (SSSR count). The van der Waals surface area contributed by atoms with Crippen LogP contribution in [0.5, 0.6) is 0 Å². The summed E-state index contributed by atoms with van der Waals surface area (Å²) < 4.78 is 13.8. The quantitative estimate of drug-likeness (QED) is 0.853. The molecule has 84 valence electrons. The molecular formula is C10H10FN3S2. The van der Waals surface area contributed by atoms with E-state index >= 15 is 0 Å². The Morgan fingerprint density at radius 1 is 1.50 bits per heavy atom. The summed E-state index contributed by atoms with van der Waals surface area (Å²) in [4.78, 5) is 0. The summed E-state index contributed by atoms with van der Waals surface area (Å²) in [6, 6.07) is 6.18. The zero-order chi connectivity index (χ0) is 11.4. The van der Waals surface area contributed by atoms with Crippen molar-refractivity contribution in [2.75, 3.05) is 5.75 Å². The summed E-state index contributed by atoms with van der Waals surface area (Å²) >= 11 is 3.01. The van der Waals surface area contributed by atoms with Crippen molar-refractivity contribution in [3.05, 3.63) is 41.2 Å². The molecule has 1 unspecified atom stereocenters. The van der Waals surface area contributed by atoms with Gasteiger partial charge < -0.3 is 5.73 Å². The molecule has 0 aliphatic heterocycles. The van der Waals surface area contributed by atoms with Gasteiger partial charge in [-0.2, -0.15) is 0 Å². The first-order valence-electron chi connectivity index (χ1n) is 4.66. The molecule has 1 aromatic carbocycles. The molecule has 3 nitrogen and oxygen atoms in total. The topological polar surface area (TPSA) is 51.8 Å². The third-order valence-corrected chi connectivity index (χ3v) is 3.98. The fourth-order valence-corrected chi connectivity index (χ4v) is 2.72. The Labute approximate surface area is 101 Å². The van der Waals surface area contributed by atoms with Crippen molar-refractivity contribution in [3.63, 3.8) is 0 Å². The van der Waals surface area contributed by atoms with E-state index in [1.165, 1.54) is 35.2 Å². The molecule has 0 radical (unpaired) electrons. The third kappa shape index (κ3) is 3.01. The number of hydrogen-bond donors (Lipinski definition) is 1. The highest BCUT2D eigenvalue weighted by molar-refractivity contribution is 8.01. The molecule has 0 aliphatic carbocycles. The van der Waals surface area contributed by atoms with Gasteiger partial charge in [-0.15, -0.1) is 10.2 Å². The summed E-state index contributed by atoms with van der Waals surface area (Å²) in [6.45, 7) is 0. The van der Waals surface area contributed by atoms with Crippen molar-refractivity contribution in [1.82, 2.24) is 10.2 Å². The number of nitrogens with zero attached hydrogens (tertiary/aromatic N) is 2. The number of thioether (sulfide) groups is 1. The van der Waals surface area contributed by atoms with Crippen molar-refractivity contribution >= 4 is 23.1 Å². The molecule has 2 aromatic rings. The van der Waals surface area contributed by atoms with E-state index in [0.29, 0.717) is 5.75 Å². The molecule has 0 aliphatic rings. The molecule has 0 saturated carbocycles. The van der Waals surface area contributed by atoms with Gasteiger partial charge >= 0.3 is 0 Å². The Bertz CT molecular complexity index is 447. The molecule has 16 heavy (non-hydrogen) atoms. The average Bonchev–Trinajstić information content (AvgIpc) is 2.78. The van der Waals surface area contributed by atoms with E-state index in [1.807, 2.05) is 6.07 Å². The molecule has 2 N–H and O–H groups in total. The van der Waals surface area contributed by atoms with Gasteiger partial charge in [-0.3, -0.25) is 0 Å². The van der Waals surface area contributed by atoms with E-state index in [2.05, 4.69) is 10.2 Å². The van der Waals surface area contributed by atoms with Crippen molar-refractivity contribution in [2.45, 2.75) is 10.4 Å². The first-order chi connectivity index (χ1) is 7.75. The highest BCUT2D eigenvalue weighted by Gasteiger charge is 2.08. The summed E-state index contributed by atoms with van der Waals surface area (Å²) in [5.74, 6) is 0.410. The zero-order valence-corrected chi connectivity index (χ0v) is 9.97. The zero-order valence-electron chi connectivity index (χ0n) is 8.34. The van der Waals surface area contributed by atoms with Crippen LogP contribution in [0, 0.1) is 5.82 Å². The minimum atomic E-state index is -0.256. The SMILES string of the molecule is NC(CSc1nncs1)c1cccc(F)c1. The van der Waals surface area contributed by atoms with Crippen LogP contribution in [-0.4, -0.2) is 16.0 Å². The summed E-state index contributed by atoms with van der Waals surface area (Å²) in [5, 5.41) is 7.64. The maximum atomic E-state index is 13.0. The number of halogens is 1. The van der Waals surface area contributed by atoms with Crippen LogP contribution in [0.25, 0.3) is 0 Å². The fourth-order valence-electron chi connectivity index (χ4n) is 1.22. The molecule has 0 spiro atoms. The van der Waals surface area contributed by atoms with Crippen molar-refractivity contribution in [1.29, 1.82) is 0 Å². The third-order valence-electron chi connectivity index (χ3n) is 2.00. The van der Waals surface area contributed by atoms with Crippen LogP contribution in [0.2, 0.25) is 0 Å². The van der Waals surface area contributed by atoms with Gasteiger partial charge in [-0.1, -0.05) is 35.2 Å². The van der Waals surface area contributed by atoms with Crippen LogP contribution in [0.15, 0.2) is 34.1 Å². The second-order valence-electron chi connectivity index (χ2n) is 3.18. The van der Waals surface area contributed by atoms with Crippen LogP contribution in [0.1, 0.15) is 11.6 Å². The van der Waals surface area contributed by atoms with Crippen molar-refractivity contribution in [2.24, 2.45) is 5.73 Å². The van der Waals surface area contributed by atoms with Gasteiger partial charge in [0, 0.05) is 11.8 Å². The minimum Gasteiger partial charge on any atom is -0.323 e. The molecule has 0 amide bonds. The van der Waals surface area contributed by atoms with Crippen molar-refractivity contribution < 1.29 is 4.39 Å². The normalized spacial score (nSPS) is 12.6. The van der Waals surface area contributed by atoms with Crippen LogP contribution >= 0.6 is 23.1 Å². The van der Waals surface area contributed by atoms with Gasteiger partial charge in [-0.25, -0.2) is 4.39 Å². The van der Waals surface area contributed by atoms with Crippen LogP contribution in [0.4, 0.5) is 4.39 Å². The number of rotatable bonds is 4. The van der Waals surface area contributed by atoms with Gasteiger partial charge in [0.15, 0.2) is 4.34 Å². The van der Waals surface area contributed by atoms with E-state index in [4.69, 9.17) is 5.73 Å². The lowest BCUT2D eigenvalue weighted by atomic mass is 10.1. The lowest BCUT2D eigenvalue weighted by Crippen LogP contribution is -2.13. The Morgan fingerprint density at radius 2 is 2.38 bits per heavy atom. The van der Waals surface area contributed by atoms with Crippen molar-refractivity contribution in [3.8, 4) is 0 Å². The molecular weight excluding hydrogens is 245 g/mol. The highest BCUT2D eigenvalue weighted by atomic mass is 32.2. The van der Waals surface area contributed by atoms with E-state index in [0.717, 1.165) is 9.90 Å². The molecule has 0 saturated heterocycles. The lowest BCUT2D eigenvalue weighted by molar-refractivity contribution is 0.622. The predicted molar refractivity (Wildman–Crippen MR) is 64.0 cm³/mol. The van der Waals surface area contributed by atoms with Gasteiger partial charge in [0.25, 0.3) is 0 Å². The average molecular weight is 255 g/mol. The standard InChI is InChI=1S/C10H10FN3S2/c11-8-3-1-2-7(4-8)9(12)5-15-10-14-13-6-16-10/h1-4,6,9H,5,12H2. The second kappa shape index (κ2) is 5.38. The number of hydrogen-bond acceptors (Lipinski definition) is 5. The fraction of sp³-hybridized carbons (Fsp3) is 0.200. The minimum absolute atomic E-state index is 0.190. The Hall–Kier alpha value is -0.980. The number of aromatic nitrogens is 2. The smallest absolute Gasteiger partial charge is 0.174 e. The molecule has 1 atom stereocenters. The summed E-state index contributed by atoms with van der Waals surface area (Å²) in [5.41, 5.74) is 8.43. The largest absolute Gasteiger partial charge is 0.323 e. The maximum absolute atomic E-state index is 13.0. The molecule has 0 bridgehead atoms. The first-order valence-corrected chi connectivity index (χ1v) is 6.52. The van der Waals surface area contributed by atoms with Crippen LogP contribution < -0.4 is 5.73 Å². The van der Waals surface area contributed by atoms with E-state index in [9.17, 15) is 4.39 Å². The monoisotopic (exact) mass is 255 g/mol. The van der Waals surface area contributed by atoms with Gasteiger partial charge in [0.05, 0.1) is 0 Å². The predicted octanol–water partition coefficient (Wildman–Crippen LogP) is 2.47. The Kier molecular flexibility index (Phi) is 3.87. The van der Waals surface area contributed by atoms with E-state index in [-0.39, 0.29) is 11.9 Å². The van der Waals surface area contributed by atoms with Crippen LogP contribution in [0.3, 0.4) is 0 Å². The van der Waals surface area contributed by atoms with E-state index in [1.54, 1.807) is 11.6 Å². The second-order valence-corrected chi connectivity index (χ2v) is 5.28. The van der Waals surface area contributed by atoms with Crippen LogP contribution in [-0.2, 0) is 0 Å². The molecule has 0 fully saturated rings. The molecule has 1 aromatic heterocycles. The molecule has 1 heterocycles. The maximum Gasteiger partial charge on any atom is 0.174 e.